The molecular formula is C25H26N2O3. The first-order chi connectivity index (χ1) is 14.5. The Balaban J connectivity index is 1.69. The van der Waals surface area contributed by atoms with Crippen molar-refractivity contribution in [2.75, 3.05) is 12.4 Å². The molecule has 0 aromatic heterocycles. The van der Waals surface area contributed by atoms with E-state index in [4.69, 9.17) is 4.74 Å². The van der Waals surface area contributed by atoms with Crippen molar-refractivity contribution < 1.29 is 14.3 Å². The third-order valence-corrected chi connectivity index (χ3v) is 4.92. The van der Waals surface area contributed by atoms with Crippen LogP contribution in [-0.2, 0) is 11.2 Å². The van der Waals surface area contributed by atoms with Gasteiger partial charge in [0.15, 0.2) is 0 Å². The van der Waals surface area contributed by atoms with Crippen molar-refractivity contribution in [3.8, 4) is 5.75 Å². The number of carbonyl (C=O) groups excluding carboxylic acids is 2. The van der Waals surface area contributed by atoms with E-state index in [2.05, 4.69) is 10.6 Å². The van der Waals surface area contributed by atoms with E-state index in [9.17, 15) is 9.59 Å². The van der Waals surface area contributed by atoms with E-state index in [0.717, 1.165) is 22.4 Å². The number of amides is 2. The Morgan fingerprint density at radius 2 is 1.67 bits per heavy atom. The molecule has 0 fully saturated rings. The lowest BCUT2D eigenvalue weighted by Gasteiger charge is -2.16. The number of nitrogens with one attached hydrogen (secondary N) is 2. The second-order valence-corrected chi connectivity index (χ2v) is 7.18. The molecule has 3 aromatic carbocycles. The molecule has 3 rings (SSSR count). The number of hydrogen-bond donors (Lipinski definition) is 2. The minimum absolute atomic E-state index is 0.148. The lowest BCUT2D eigenvalue weighted by Crippen LogP contribution is -2.28. The molecule has 1 atom stereocenters. The summed E-state index contributed by atoms with van der Waals surface area (Å²) in [4.78, 5) is 25.4. The van der Waals surface area contributed by atoms with Crippen LogP contribution in [-0.4, -0.2) is 18.9 Å². The number of ether oxygens (including phenoxy) is 1. The van der Waals surface area contributed by atoms with Gasteiger partial charge in [-0.15, -0.1) is 0 Å². The van der Waals surface area contributed by atoms with Crippen LogP contribution in [0.1, 0.15) is 40.0 Å². The summed E-state index contributed by atoms with van der Waals surface area (Å²) < 4.78 is 5.26. The number of anilines is 1. The van der Waals surface area contributed by atoms with Crippen LogP contribution in [0.5, 0.6) is 5.75 Å². The van der Waals surface area contributed by atoms with E-state index in [1.54, 1.807) is 31.4 Å². The maximum absolute atomic E-state index is 12.8. The Labute approximate surface area is 177 Å². The van der Waals surface area contributed by atoms with Crippen molar-refractivity contribution in [1.29, 1.82) is 0 Å². The third-order valence-electron chi connectivity index (χ3n) is 4.92. The van der Waals surface area contributed by atoms with E-state index >= 15 is 0 Å². The minimum atomic E-state index is -0.234. The summed E-state index contributed by atoms with van der Waals surface area (Å²) in [6.45, 7) is 3.87. The molecule has 2 amide bonds. The molecule has 154 valence electrons. The van der Waals surface area contributed by atoms with Gasteiger partial charge in [-0.3, -0.25) is 9.59 Å². The Kier molecular flexibility index (Phi) is 6.86. The molecule has 2 N–H and O–H groups in total. The molecule has 0 heterocycles. The molecule has 0 bridgehead atoms. The lowest BCUT2D eigenvalue weighted by molar-refractivity contribution is -0.115. The number of aryl methyl sites for hydroxylation is 1. The zero-order valence-electron chi connectivity index (χ0n) is 17.4. The number of carbonyl (C=O) groups is 2. The Hall–Kier alpha value is -3.60. The SMILES string of the molecule is COc1ccc(CC(=O)Nc2ccccc2C(=O)NC(C)c2ccccc2)cc1C. The van der Waals surface area contributed by atoms with Gasteiger partial charge >= 0.3 is 0 Å². The van der Waals surface area contributed by atoms with Crippen molar-refractivity contribution >= 4 is 17.5 Å². The molecular weight excluding hydrogens is 376 g/mol. The Morgan fingerprint density at radius 3 is 2.37 bits per heavy atom. The number of benzene rings is 3. The van der Waals surface area contributed by atoms with Crippen LogP contribution in [0, 0.1) is 6.92 Å². The maximum atomic E-state index is 12.8. The van der Waals surface area contributed by atoms with Crippen LogP contribution in [0.3, 0.4) is 0 Å². The van der Waals surface area contributed by atoms with Crippen molar-refractivity contribution in [1.82, 2.24) is 5.32 Å². The monoisotopic (exact) mass is 402 g/mol. The van der Waals surface area contributed by atoms with Crippen molar-refractivity contribution in [2.24, 2.45) is 0 Å². The summed E-state index contributed by atoms with van der Waals surface area (Å²) in [6.07, 6.45) is 0.210. The molecule has 1 unspecified atom stereocenters. The molecule has 30 heavy (non-hydrogen) atoms. The number of hydrogen-bond acceptors (Lipinski definition) is 3. The zero-order chi connectivity index (χ0) is 21.5. The summed E-state index contributed by atoms with van der Waals surface area (Å²) in [5, 5.41) is 5.86. The molecule has 0 spiro atoms. The predicted octanol–water partition coefficient (Wildman–Crippen LogP) is 4.68. The van der Waals surface area contributed by atoms with Crippen molar-refractivity contribution in [3.05, 3.63) is 95.1 Å². The Morgan fingerprint density at radius 1 is 0.967 bits per heavy atom. The van der Waals surface area contributed by atoms with Gasteiger partial charge in [-0.05, 0) is 48.7 Å². The van der Waals surface area contributed by atoms with Crippen LogP contribution < -0.4 is 15.4 Å². The molecule has 0 radical (unpaired) electrons. The molecule has 3 aromatic rings. The summed E-state index contributed by atoms with van der Waals surface area (Å²) in [5.74, 6) is 0.368. The van der Waals surface area contributed by atoms with E-state index < -0.39 is 0 Å². The van der Waals surface area contributed by atoms with Crippen molar-refractivity contribution in [3.63, 3.8) is 0 Å². The second kappa shape index (κ2) is 9.74. The van der Waals surface area contributed by atoms with E-state index in [1.165, 1.54) is 0 Å². The summed E-state index contributed by atoms with van der Waals surface area (Å²) in [5.41, 5.74) is 3.79. The lowest BCUT2D eigenvalue weighted by atomic mass is 10.1. The molecule has 0 saturated heterocycles. The average Bonchev–Trinajstić information content (AvgIpc) is 2.74. The Bertz CT molecular complexity index is 1030. The van der Waals surface area contributed by atoms with E-state index in [0.29, 0.717) is 11.3 Å². The smallest absolute Gasteiger partial charge is 0.253 e. The fourth-order valence-corrected chi connectivity index (χ4v) is 3.32. The van der Waals surface area contributed by atoms with Gasteiger partial charge in [-0.1, -0.05) is 54.6 Å². The van der Waals surface area contributed by atoms with E-state index in [1.807, 2.05) is 62.4 Å². The van der Waals surface area contributed by atoms with Crippen molar-refractivity contribution in [2.45, 2.75) is 26.3 Å². The summed E-state index contributed by atoms with van der Waals surface area (Å²) in [6, 6.07) is 22.3. The fraction of sp³-hybridized carbons (Fsp3) is 0.200. The number of methoxy groups -OCH3 is 1. The topological polar surface area (TPSA) is 67.4 Å². The fourth-order valence-electron chi connectivity index (χ4n) is 3.32. The van der Waals surface area contributed by atoms with Crippen LogP contribution in [0.15, 0.2) is 72.8 Å². The first-order valence-electron chi connectivity index (χ1n) is 9.86. The first kappa shape index (κ1) is 21.1. The molecule has 0 aliphatic rings. The van der Waals surface area contributed by atoms with Gasteiger partial charge in [0.25, 0.3) is 5.91 Å². The molecule has 0 saturated carbocycles. The quantitative estimate of drug-likeness (QED) is 0.603. The highest BCUT2D eigenvalue weighted by Crippen LogP contribution is 2.21. The van der Waals surface area contributed by atoms with Gasteiger partial charge < -0.3 is 15.4 Å². The zero-order valence-corrected chi connectivity index (χ0v) is 17.4. The van der Waals surface area contributed by atoms with Crippen LogP contribution >= 0.6 is 0 Å². The van der Waals surface area contributed by atoms with Gasteiger partial charge in [-0.25, -0.2) is 0 Å². The van der Waals surface area contributed by atoms with Gasteiger partial charge in [-0.2, -0.15) is 0 Å². The maximum Gasteiger partial charge on any atom is 0.253 e. The average molecular weight is 402 g/mol. The van der Waals surface area contributed by atoms with Crippen LogP contribution in [0.25, 0.3) is 0 Å². The third kappa shape index (κ3) is 5.26. The van der Waals surface area contributed by atoms with Gasteiger partial charge in [0.2, 0.25) is 5.91 Å². The molecule has 5 heteroatoms. The summed E-state index contributed by atoms with van der Waals surface area (Å²) >= 11 is 0. The largest absolute Gasteiger partial charge is 0.496 e. The molecule has 0 aliphatic heterocycles. The highest BCUT2D eigenvalue weighted by molar-refractivity contribution is 6.04. The second-order valence-electron chi connectivity index (χ2n) is 7.18. The van der Waals surface area contributed by atoms with Gasteiger partial charge in [0.05, 0.1) is 30.8 Å². The predicted molar refractivity (Wildman–Crippen MR) is 119 cm³/mol. The highest BCUT2D eigenvalue weighted by Gasteiger charge is 2.16. The summed E-state index contributed by atoms with van der Waals surface area (Å²) in [7, 11) is 1.62. The normalized spacial score (nSPS) is 11.4. The molecule has 5 nitrogen and oxygen atoms in total. The highest BCUT2D eigenvalue weighted by atomic mass is 16.5. The van der Waals surface area contributed by atoms with Gasteiger partial charge in [0.1, 0.15) is 5.75 Å². The van der Waals surface area contributed by atoms with Gasteiger partial charge in [0, 0.05) is 0 Å². The minimum Gasteiger partial charge on any atom is -0.496 e. The number of rotatable bonds is 7. The molecule has 0 aliphatic carbocycles. The number of para-hydroxylation sites is 1. The van der Waals surface area contributed by atoms with E-state index in [-0.39, 0.29) is 24.3 Å². The van der Waals surface area contributed by atoms with Crippen LogP contribution in [0.2, 0.25) is 0 Å². The first-order valence-corrected chi connectivity index (χ1v) is 9.86. The van der Waals surface area contributed by atoms with Crippen LogP contribution in [0.4, 0.5) is 5.69 Å². The standard InChI is InChI=1S/C25H26N2O3/c1-17-15-19(13-14-23(17)30-3)16-24(28)27-22-12-8-7-11-21(22)25(29)26-18(2)20-9-5-4-6-10-20/h4-15,18H,16H2,1-3H3,(H,26,29)(H,27,28).